The molecular formula is C12H24N4O. The Hall–Kier alpha value is -0.810. The van der Waals surface area contributed by atoms with Crippen LogP contribution < -0.4 is 16.0 Å². The van der Waals surface area contributed by atoms with Crippen LogP contribution in [0.15, 0.2) is 0 Å². The molecule has 2 fully saturated rings. The van der Waals surface area contributed by atoms with E-state index in [1.54, 1.807) is 0 Å². The van der Waals surface area contributed by atoms with Gasteiger partial charge in [-0.15, -0.1) is 0 Å². The Labute approximate surface area is 103 Å². The summed E-state index contributed by atoms with van der Waals surface area (Å²) in [6.45, 7) is 8.68. The van der Waals surface area contributed by atoms with E-state index in [1.807, 2.05) is 13.8 Å². The van der Waals surface area contributed by atoms with E-state index in [0.717, 1.165) is 45.6 Å². The molecule has 1 spiro atoms. The number of hydrogen-bond acceptors (Lipinski definition) is 3. The molecule has 0 aromatic heterocycles. The summed E-state index contributed by atoms with van der Waals surface area (Å²) in [5.41, 5.74) is 0.0302. The molecule has 2 rings (SSSR count). The molecule has 2 aliphatic rings. The summed E-state index contributed by atoms with van der Waals surface area (Å²) >= 11 is 0. The fraction of sp³-hybridized carbons (Fsp3) is 0.917. The van der Waals surface area contributed by atoms with Crippen LogP contribution in [0.3, 0.4) is 0 Å². The van der Waals surface area contributed by atoms with Gasteiger partial charge in [0.1, 0.15) is 0 Å². The van der Waals surface area contributed by atoms with Crippen molar-refractivity contribution in [2.75, 3.05) is 32.7 Å². The largest absolute Gasteiger partial charge is 0.336 e. The first-order chi connectivity index (χ1) is 8.14. The maximum atomic E-state index is 12.2. The van der Waals surface area contributed by atoms with E-state index in [2.05, 4.69) is 20.9 Å². The summed E-state index contributed by atoms with van der Waals surface area (Å²) < 4.78 is 0. The number of hydrogen-bond donors (Lipinski definition) is 3. The highest BCUT2D eigenvalue weighted by molar-refractivity contribution is 5.75. The number of urea groups is 1. The van der Waals surface area contributed by atoms with Gasteiger partial charge in [0.2, 0.25) is 0 Å². The molecule has 17 heavy (non-hydrogen) atoms. The van der Waals surface area contributed by atoms with Gasteiger partial charge in [0.25, 0.3) is 0 Å². The highest BCUT2D eigenvalue weighted by Gasteiger charge is 2.42. The molecule has 3 N–H and O–H groups in total. The zero-order chi connectivity index (χ0) is 12.3. The Morgan fingerprint density at radius 2 is 1.94 bits per heavy atom. The third-order valence-electron chi connectivity index (χ3n) is 3.73. The van der Waals surface area contributed by atoms with E-state index in [0.29, 0.717) is 0 Å². The first-order valence-corrected chi connectivity index (χ1v) is 6.64. The normalized spacial score (nSPS) is 24.1. The molecule has 0 unspecified atom stereocenters. The van der Waals surface area contributed by atoms with Gasteiger partial charge in [0, 0.05) is 25.7 Å². The second kappa shape index (κ2) is 5.23. The summed E-state index contributed by atoms with van der Waals surface area (Å²) in [5.74, 6) is 0. The van der Waals surface area contributed by atoms with E-state index >= 15 is 0 Å². The molecule has 0 aromatic carbocycles. The second-order valence-corrected chi connectivity index (χ2v) is 5.41. The van der Waals surface area contributed by atoms with Crippen LogP contribution >= 0.6 is 0 Å². The molecule has 0 atom stereocenters. The van der Waals surface area contributed by atoms with Crippen LogP contribution in [0.5, 0.6) is 0 Å². The van der Waals surface area contributed by atoms with Gasteiger partial charge in [0.15, 0.2) is 0 Å². The Kier molecular flexibility index (Phi) is 3.89. The Bertz CT molecular complexity index is 265. The number of nitrogens with one attached hydrogen (secondary N) is 3. The van der Waals surface area contributed by atoms with Gasteiger partial charge >= 0.3 is 6.03 Å². The van der Waals surface area contributed by atoms with Crippen LogP contribution in [0.2, 0.25) is 0 Å². The number of nitrogens with zero attached hydrogens (tertiary/aromatic N) is 1. The van der Waals surface area contributed by atoms with Crippen LogP contribution in [0.4, 0.5) is 4.79 Å². The molecule has 5 nitrogen and oxygen atoms in total. The van der Waals surface area contributed by atoms with Crippen molar-refractivity contribution in [3.63, 3.8) is 0 Å². The molecule has 2 aliphatic heterocycles. The number of carbonyl (C=O) groups is 1. The van der Waals surface area contributed by atoms with Crippen molar-refractivity contribution in [3.8, 4) is 0 Å². The standard InChI is InChI=1S/C12H24N4O/c1-10(2)15-11(17)16-8-7-14-9-12(16)3-5-13-6-4-12/h10,13-14H,3-9H2,1-2H3,(H,15,17). The van der Waals surface area contributed by atoms with Crippen molar-refractivity contribution in [1.29, 1.82) is 0 Å². The summed E-state index contributed by atoms with van der Waals surface area (Å²) in [5, 5.41) is 9.83. The van der Waals surface area contributed by atoms with Crippen LogP contribution in [-0.4, -0.2) is 55.2 Å². The smallest absolute Gasteiger partial charge is 0.318 e. The lowest BCUT2D eigenvalue weighted by Gasteiger charge is -2.49. The molecule has 98 valence electrons. The molecule has 0 aromatic rings. The topological polar surface area (TPSA) is 56.4 Å². The van der Waals surface area contributed by atoms with Gasteiger partial charge < -0.3 is 20.9 Å². The number of amides is 2. The minimum Gasteiger partial charge on any atom is -0.336 e. The number of carbonyl (C=O) groups excluding carboxylic acids is 1. The molecule has 2 saturated heterocycles. The predicted molar refractivity (Wildman–Crippen MR) is 68.1 cm³/mol. The average molecular weight is 240 g/mol. The fourth-order valence-corrected chi connectivity index (χ4v) is 2.83. The lowest BCUT2D eigenvalue weighted by molar-refractivity contribution is 0.0615. The predicted octanol–water partition coefficient (Wildman–Crippen LogP) is 0.132. The monoisotopic (exact) mass is 240 g/mol. The maximum absolute atomic E-state index is 12.2. The Balaban J connectivity index is 2.08. The van der Waals surface area contributed by atoms with Gasteiger partial charge in [0.05, 0.1) is 5.54 Å². The molecule has 0 aliphatic carbocycles. The van der Waals surface area contributed by atoms with Gasteiger partial charge in [-0.05, 0) is 39.8 Å². The summed E-state index contributed by atoms with van der Waals surface area (Å²) in [6, 6.07) is 0.305. The Morgan fingerprint density at radius 3 is 2.59 bits per heavy atom. The molecule has 2 amide bonds. The minimum atomic E-state index is 0.0302. The van der Waals surface area contributed by atoms with Crippen molar-refractivity contribution in [3.05, 3.63) is 0 Å². The van der Waals surface area contributed by atoms with Crippen LogP contribution in [-0.2, 0) is 0 Å². The van der Waals surface area contributed by atoms with Gasteiger partial charge in [-0.1, -0.05) is 0 Å². The lowest BCUT2D eigenvalue weighted by atomic mass is 9.85. The van der Waals surface area contributed by atoms with E-state index in [-0.39, 0.29) is 17.6 Å². The fourth-order valence-electron chi connectivity index (χ4n) is 2.83. The number of piperidine rings is 1. The summed E-state index contributed by atoms with van der Waals surface area (Å²) in [7, 11) is 0. The van der Waals surface area contributed by atoms with E-state index in [9.17, 15) is 4.79 Å². The molecular weight excluding hydrogens is 216 g/mol. The lowest BCUT2D eigenvalue weighted by Crippen LogP contribution is -2.67. The Morgan fingerprint density at radius 1 is 1.24 bits per heavy atom. The van der Waals surface area contributed by atoms with Crippen molar-refractivity contribution < 1.29 is 4.79 Å². The molecule has 0 radical (unpaired) electrons. The number of piperazine rings is 1. The summed E-state index contributed by atoms with van der Waals surface area (Å²) in [4.78, 5) is 14.3. The molecule has 5 heteroatoms. The van der Waals surface area contributed by atoms with Crippen LogP contribution in [0.25, 0.3) is 0 Å². The zero-order valence-electron chi connectivity index (χ0n) is 10.9. The van der Waals surface area contributed by atoms with E-state index in [4.69, 9.17) is 0 Å². The summed E-state index contributed by atoms with van der Waals surface area (Å²) in [6.07, 6.45) is 2.09. The number of rotatable bonds is 1. The minimum absolute atomic E-state index is 0.0302. The zero-order valence-corrected chi connectivity index (χ0v) is 10.9. The van der Waals surface area contributed by atoms with Gasteiger partial charge in [-0.25, -0.2) is 4.79 Å². The highest BCUT2D eigenvalue weighted by atomic mass is 16.2. The van der Waals surface area contributed by atoms with Crippen molar-refractivity contribution in [1.82, 2.24) is 20.9 Å². The quantitative estimate of drug-likeness (QED) is 0.611. The molecule has 0 bridgehead atoms. The average Bonchev–Trinajstić information content (AvgIpc) is 2.29. The van der Waals surface area contributed by atoms with Gasteiger partial charge in [-0.2, -0.15) is 0 Å². The third-order valence-corrected chi connectivity index (χ3v) is 3.73. The van der Waals surface area contributed by atoms with Crippen molar-refractivity contribution in [2.45, 2.75) is 38.3 Å². The van der Waals surface area contributed by atoms with Crippen molar-refractivity contribution >= 4 is 6.03 Å². The molecule has 0 saturated carbocycles. The van der Waals surface area contributed by atoms with Crippen LogP contribution in [0.1, 0.15) is 26.7 Å². The third kappa shape index (κ3) is 2.72. The van der Waals surface area contributed by atoms with Crippen LogP contribution in [0, 0.1) is 0 Å². The van der Waals surface area contributed by atoms with E-state index < -0.39 is 0 Å². The second-order valence-electron chi connectivity index (χ2n) is 5.41. The maximum Gasteiger partial charge on any atom is 0.318 e. The first-order valence-electron chi connectivity index (χ1n) is 6.64. The van der Waals surface area contributed by atoms with Crippen molar-refractivity contribution in [2.24, 2.45) is 0 Å². The first kappa shape index (κ1) is 12.6. The highest BCUT2D eigenvalue weighted by Crippen LogP contribution is 2.27. The van der Waals surface area contributed by atoms with E-state index in [1.165, 1.54) is 0 Å². The molecule has 2 heterocycles. The van der Waals surface area contributed by atoms with Gasteiger partial charge in [-0.3, -0.25) is 0 Å². The SMILES string of the molecule is CC(C)NC(=O)N1CCNCC12CCNCC2.